The molecule has 1 N–H and O–H groups in total. The third-order valence-corrected chi connectivity index (χ3v) is 4.87. The number of fused-ring (bicyclic) bond motifs is 1. The SMILES string of the molecule is CNC1CCS(=O)c2c(Cl)ccc(Cl)c21. The predicted octanol–water partition coefficient (Wildman–Crippen LogP) is 2.77. The van der Waals surface area contributed by atoms with E-state index in [1.807, 2.05) is 7.05 Å². The van der Waals surface area contributed by atoms with E-state index in [0.29, 0.717) is 20.7 Å². The van der Waals surface area contributed by atoms with Crippen LogP contribution in [0, 0.1) is 0 Å². The number of halogens is 2. The predicted molar refractivity (Wildman–Crippen MR) is 64.2 cm³/mol. The van der Waals surface area contributed by atoms with Crippen LogP contribution in [0.3, 0.4) is 0 Å². The van der Waals surface area contributed by atoms with Gasteiger partial charge < -0.3 is 5.32 Å². The highest BCUT2D eigenvalue weighted by molar-refractivity contribution is 7.85. The summed E-state index contributed by atoms with van der Waals surface area (Å²) < 4.78 is 11.9. The van der Waals surface area contributed by atoms with Gasteiger partial charge in [0, 0.05) is 22.4 Å². The summed E-state index contributed by atoms with van der Waals surface area (Å²) in [7, 11) is 0.859. The monoisotopic (exact) mass is 263 g/mol. The zero-order chi connectivity index (χ0) is 11.0. The lowest BCUT2D eigenvalue weighted by Crippen LogP contribution is -2.25. The van der Waals surface area contributed by atoms with Crippen LogP contribution in [0.4, 0.5) is 0 Å². The zero-order valence-corrected chi connectivity index (χ0v) is 10.5. The van der Waals surface area contributed by atoms with Crippen molar-refractivity contribution in [2.75, 3.05) is 12.8 Å². The largest absolute Gasteiger partial charge is 0.313 e. The number of benzene rings is 1. The maximum Gasteiger partial charge on any atom is 0.0636 e. The Morgan fingerprint density at radius 2 is 2.07 bits per heavy atom. The Kier molecular flexibility index (Phi) is 3.36. The summed E-state index contributed by atoms with van der Waals surface area (Å²) >= 11 is 12.2. The molecule has 1 aliphatic rings. The van der Waals surface area contributed by atoms with Crippen LogP contribution in [0.15, 0.2) is 17.0 Å². The minimum Gasteiger partial charge on any atom is -0.313 e. The Hall–Kier alpha value is -0.0900. The first-order chi connectivity index (χ1) is 7.15. The summed E-state index contributed by atoms with van der Waals surface area (Å²) in [5, 5.41) is 4.36. The molecule has 82 valence electrons. The van der Waals surface area contributed by atoms with Crippen molar-refractivity contribution in [3.05, 3.63) is 27.7 Å². The molecule has 15 heavy (non-hydrogen) atoms. The third-order valence-electron chi connectivity index (χ3n) is 2.61. The van der Waals surface area contributed by atoms with Crippen molar-refractivity contribution in [1.29, 1.82) is 0 Å². The molecule has 2 unspecified atom stereocenters. The van der Waals surface area contributed by atoms with E-state index in [1.54, 1.807) is 12.1 Å². The molecule has 2 rings (SSSR count). The van der Waals surface area contributed by atoms with Gasteiger partial charge in [-0.3, -0.25) is 4.21 Å². The molecular formula is C10H11Cl2NOS. The highest BCUT2D eigenvalue weighted by atomic mass is 35.5. The van der Waals surface area contributed by atoms with Gasteiger partial charge in [0.05, 0.1) is 20.7 Å². The van der Waals surface area contributed by atoms with Gasteiger partial charge in [0.2, 0.25) is 0 Å². The molecule has 2 nitrogen and oxygen atoms in total. The fraction of sp³-hybridized carbons (Fsp3) is 0.400. The Labute approximate surface area is 101 Å². The van der Waals surface area contributed by atoms with Gasteiger partial charge >= 0.3 is 0 Å². The van der Waals surface area contributed by atoms with Gasteiger partial charge in [0.15, 0.2) is 0 Å². The van der Waals surface area contributed by atoms with Gasteiger partial charge in [0.25, 0.3) is 0 Å². The maximum atomic E-state index is 11.9. The van der Waals surface area contributed by atoms with Gasteiger partial charge in [-0.2, -0.15) is 0 Å². The van der Waals surface area contributed by atoms with Gasteiger partial charge in [-0.1, -0.05) is 23.2 Å². The molecule has 0 saturated carbocycles. The van der Waals surface area contributed by atoms with Crippen LogP contribution in [0.5, 0.6) is 0 Å². The molecule has 1 aliphatic heterocycles. The number of hydrogen-bond donors (Lipinski definition) is 1. The molecule has 1 aromatic rings. The lowest BCUT2D eigenvalue weighted by Gasteiger charge is -2.26. The van der Waals surface area contributed by atoms with Crippen LogP contribution >= 0.6 is 23.2 Å². The Morgan fingerprint density at radius 1 is 1.40 bits per heavy atom. The summed E-state index contributed by atoms with van der Waals surface area (Å²) in [5.41, 5.74) is 0.899. The van der Waals surface area contributed by atoms with Crippen LogP contribution in [0.1, 0.15) is 18.0 Å². The van der Waals surface area contributed by atoms with E-state index in [4.69, 9.17) is 23.2 Å². The lowest BCUT2D eigenvalue weighted by atomic mass is 10.0. The number of rotatable bonds is 1. The Balaban J connectivity index is 2.65. The summed E-state index contributed by atoms with van der Waals surface area (Å²) in [6.45, 7) is 0. The van der Waals surface area contributed by atoms with E-state index in [-0.39, 0.29) is 6.04 Å². The van der Waals surface area contributed by atoms with Crippen molar-refractivity contribution in [2.45, 2.75) is 17.4 Å². The zero-order valence-electron chi connectivity index (χ0n) is 8.22. The molecule has 2 atom stereocenters. The fourth-order valence-electron chi connectivity index (χ4n) is 1.86. The molecule has 0 radical (unpaired) electrons. The molecule has 0 saturated heterocycles. The molecule has 5 heteroatoms. The molecule has 1 heterocycles. The average molecular weight is 264 g/mol. The Morgan fingerprint density at radius 3 is 2.73 bits per heavy atom. The van der Waals surface area contributed by atoms with Crippen LogP contribution in [0.2, 0.25) is 10.0 Å². The minimum absolute atomic E-state index is 0.156. The summed E-state index contributed by atoms with van der Waals surface area (Å²) in [5.74, 6) is 0.637. The molecule has 1 aromatic carbocycles. The quantitative estimate of drug-likeness (QED) is 0.845. The fourth-order valence-corrected chi connectivity index (χ4v) is 4.07. The molecule has 0 aliphatic carbocycles. The lowest BCUT2D eigenvalue weighted by molar-refractivity contribution is 0.554. The highest BCUT2D eigenvalue weighted by Crippen LogP contribution is 2.38. The summed E-state index contributed by atoms with van der Waals surface area (Å²) in [6.07, 6.45) is 0.830. The van der Waals surface area contributed by atoms with E-state index in [9.17, 15) is 4.21 Å². The first-order valence-corrected chi connectivity index (χ1v) is 6.76. The van der Waals surface area contributed by atoms with Crippen LogP contribution < -0.4 is 5.32 Å². The normalized spacial score (nSPS) is 25.0. The van der Waals surface area contributed by atoms with E-state index >= 15 is 0 Å². The first kappa shape index (κ1) is 11.4. The van der Waals surface area contributed by atoms with Crippen molar-refractivity contribution in [3.63, 3.8) is 0 Å². The molecule has 0 fully saturated rings. The van der Waals surface area contributed by atoms with E-state index in [2.05, 4.69) is 5.32 Å². The van der Waals surface area contributed by atoms with Gasteiger partial charge in [0.1, 0.15) is 0 Å². The topological polar surface area (TPSA) is 29.1 Å². The van der Waals surface area contributed by atoms with Crippen molar-refractivity contribution < 1.29 is 4.21 Å². The van der Waals surface area contributed by atoms with Gasteiger partial charge in [-0.25, -0.2) is 0 Å². The highest BCUT2D eigenvalue weighted by Gasteiger charge is 2.28. The van der Waals surface area contributed by atoms with Crippen LogP contribution in [-0.4, -0.2) is 17.0 Å². The number of nitrogens with one attached hydrogen (secondary N) is 1. The summed E-state index contributed by atoms with van der Waals surface area (Å²) in [6, 6.07) is 3.62. The van der Waals surface area contributed by atoms with Gasteiger partial charge in [-0.05, 0) is 25.6 Å². The molecule has 0 spiro atoms. The van der Waals surface area contributed by atoms with E-state index in [0.717, 1.165) is 12.0 Å². The maximum absolute atomic E-state index is 11.9. The van der Waals surface area contributed by atoms with E-state index < -0.39 is 10.8 Å². The average Bonchev–Trinajstić information content (AvgIpc) is 2.23. The Bertz CT molecular complexity index is 422. The minimum atomic E-state index is -1.02. The smallest absolute Gasteiger partial charge is 0.0636 e. The second-order valence-corrected chi connectivity index (χ2v) is 5.77. The molecule has 0 bridgehead atoms. The number of hydrogen-bond acceptors (Lipinski definition) is 2. The second kappa shape index (κ2) is 4.42. The standard InChI is InChI=1S/C10H11Cl2NOS/c1-13-8-4-5-15(14)10-7(12)3-2-6(11)9(8)10/h2-3,8,13H,4-5H2,1H3. The first-order valence-electron chi connectivity index (χ1n) is 4.68. The van der Waals surface area contributed by atoms with Crippen molar-refractivity contribution >= 4 is 34.0 Å². The van der Waals surface area contributed by atoms with Crippen molar-refractivity contribution in [1.82, 2.24) is 5.32 Å². The second-order valence-electron chi connectivity index (χ2n) is 3.45. The molecule has 0 aromatic heterocycles. The molecular weight excluding hydrogens is 253 g/mol. The summed E-state index contributed by atoms with van der Waals surface area (Å²) in [4.78, 5) is 0.703. The van der Waals surface area contributed by atoms with Crippen molar-refractivity contribution in [3.8, 4) is 0 Å². The van der Waals surface area contributed by atoms with Crippen LogP contribution in [0.25, 0.3) is 0 Å². The van der Waals surface area contributed by atoms with E-state index in [1.165, 1.54) is 0 Å². The third kappa shape index (κ3) is 1.94. The van der Waals surface area contributed by atoms with Crippen molar-refractivity contribution in [2.24, 2.45) is 0 Å². The molecule has 0 amide bonds. The van der Waals surface area contributed by atoms with Crippen LogP contribution in [-0.2, 0) is 10.8 Å². The van der Waals surface area contributed by atoms with Gasteiger partial charge in [-0.15, -0.1) is 0 Å².